The molecular weight excluding hydrogens is 408 g/mol. The fourth-order valence-electron chi connectivity index (χ4n) is 4.34. The quantitative estimate of drug-likeness (QED) is 0.557. The molecule has 9 heteroatoms. The van der Waals surface area contributed by atoms with Gasteiger partial charge in [0, 0.05) is 42.3 Å². The number of anilines is 2. The second-order valence-corrected chi connectivity index (χ2v) is 9.04. The van der Waals surface area contributed by atoms with E-state index >= 15 is 0 Å². The van der Waals surface area contributed by atoms with Gasteiger partial charge >= 0.3 is 0 Å². The highest BCUT2D eigenvalue weighted by Crippen LogP contribution is 2.36. The third-order valence-corrected chi connectivity index (χ3v) is 5.91. The van der Waals surface area contributed by atoms with Crippen molar-refractivity contribution in [2.45, 2.75) is 25.5 Å². The first-order chi connectivity index (χ1) is 15.4. The number of rotatable bonds is 5. The van der Waals surface area contributed by atoms with Crippen LogP contribution in [0.15, 0.2) is 36.7 Å². The Kier molecular flexibility index (Phi) is 5.22. The van der Waals surface area contributed by atoms with Crippen LogP contribution in [0.4, 0.5) is 11.5 Å². The average Bonchev–Trinajstić information content (AvgIpc) is 3.26. The zero-order chi connectivity index (χ0) is 22.3. The van der Waals surface area contributed by atoms with Crippen molar-refractivity contribution in [3.05, 3.63) is 36.7 Å². The van der Waals surface area contributed by atoms with Crippen molar-refractivity contribution >= 4 is 28.3 Å². The summed E-state index contributed by atoms with van der Waals surface area (Å²) in [6.45, 7) is 6.34. The van der Waals surface area contributed by atoms with Gasteiger partial charge in [-0.3, -0.25) is 4.79 Å². The Morgan fingerprint density at radius 1 is 1.38 bits per heavy atom. The molecule has 0 unspecified atom stereocenters. The molecule has 0 bridgehead atoms. The van der Waals surface area contributed by atoms with E-state index in [0.29, 0.717) is 25.6 Å². The molecule has 32 heavy (non-hydrogen) atoms. The third-order valence-electron chi connectivity index (χ3n) is 5.91. The standard InChI is InChI=1S/C23H28N6O3/c1-23(2,31)14-26-20(30)12-28-11-15-13-32-9-8-29(15)22-19(28)10-25-21(27-22)17-4-3-5-18-16(17)6-7-24-18/h3-7,10,15,24,31H,8-9,11-14H2,1-2H3,(H,26,30)/t15-/m1/s1. The lowest BCUT2D eigenvalue weighted by Gasteiger charge is -2.45. The predicted octanol–water partition coefficient (Wildman–Crippen LogP) is 1.54. The fraction of sp³-hybridized carbons (Fsp3) is 0.435. The van der Waals surface area contributed by atoms with E-state index in [-0.39, 0.29) is 25.0 Å². The van der Waals surface area contributed by atoms with Gasteiger partial charge in [0.15, 0.2) is 11.6 Å². The summed E-state index contributed by atoms with van der Waals surface area (Å²) >= 11 is 0. The zero-order valence-electron chi connectivity index (χ0n) is 18.3. The summed E-state index contributed by atoms with van der Waals surface area (Å²) in [6.07, 6.45) is 3.73. The van der Waals surface area contributed by atoms with Crippen molar-refractivity contribution in [1.82, 2.24) is 20.3 Å². The van der Waals surface area contributed by atoms with Crippen molar-refractivity contribution in [3.8, 4) is 11.4 Å². The summed E-state index contributed by atoms with van der Waals surface area (Å²) in [5, 5.41) is 13.8. The number of ether oxygens (including phenoxy) is 1. The molecule has 3 aromatic rings. The van der Waals surface area contributed by atoms with Crippen LogP contribution in [-0.4, -0.2) is 77.0 Å². The number of aromatic amines is 1. The third kappa shape index (κ3) is 4.01. The molecule has 4 heterocycles. The molecule has 0 aliphatic carbocycles. The maximum Gasteiger partial charge on any atom is 0.239 e. The molecule has 0 spiro atoms. The number of nitrogens with one attached hydrogen (secondary N) is 2. The molecule has 1 amide bonds. The minimum Gasteiger partial charge on any atom is -0.389 e. The molecule has 2 aromatic heterocycles. The summed E-state index contributed by atoms with van der Waals surface area (Å²) < 4.78 is 5.71. The van der Waals surface area contributed by atoms with Crippen molar-refractivity contribution in [2.24, 2.45) is 0 Å². The number of hydrogen-bond donors (Lipinski definition) is 3. The van der Waals surface area contributed by atoms with E-state index in [9.17, 15) is 9.90 Å². The van der Waals surface area contributed by atoms with Crippen molar-refractivity contribution < 1.29 is 14.6 Å². The second kappa shape index (κ2) is 8.07. The van der Waals surface area contributed by atoms with Crippen LogP contribution in [0.25, 0.3) is 22.3 Å². The lowest BCUT2D eigenvalue weighted by molar-refractivity contribution is -0.120. The van der Waals surface area contributed by atoms with Gasteiger partial charge in [0.1, 0.15) is 0 Å². The van der Waals surface area contributed by atoms with Gasteiger partial charge in [0.2, 0.25) is 5.91 Å². The molecule has 3 N–H and O–H groups in total. The van der Waals surface area contributed by atoms with Crippen LogP contribution in [0.3, 0.4) is 0 Å². The minimum atomic E-state index is -0.958. The number of carbonyl (C=O) groups excluding carboxylic acids is 1. The normalized spacial score (nSPS) is 18.4. The molecule has 1 atom stereocenters. The molecule has 168 valence electrons. The first-order valence-electron chi connectivity index (χ1n) is 10.9. The number of benzene rings is 1. The second-order valence-electron chi connectivity index (χ2n) is 9.04. The highest BCUT2D eigenvalue weighted by Gasteiger charge is 2.35. The first kappa shape index (κ1) is 20.7. The number of nitrogens with zero attached hydrogens (tertiary/aromatic N) is 4. The number of morpholine rings is 1. The Morgan fingerprint density at radius 2 is 2.25 bits per heavy atom. The summed E-state index contributed by atoms with van der Waals surface area (Å²) in [5.74, 6) is 1.34. The van der Waals surface area contributed by atoms with Gasteiger partial charge in [-0.05, 0) is 26.0 Å². The Bertz CT molecular complexity index is 1140. The van der Waals surface area contributed by atoms with Crippen LogP contribution in [0.2, 0.25) is 0 Å². The van der Waals surface area contributed by atoms with Gasteiger partial charge in [-0.1, -0.05) is 12.1 Å². The van der Waals surface area contributed by atoms with Gasteiger partial charge in [-0.2, -0.15) is 0 Å². The summed E-state index contributed by atoms with van der Waals surface area (Å²) in [4.78, 5) is 29.7. The van der Waals surface area contributed by atoms with Crippen molar-refractivity contribution in [1.29, 1.82) is 0 Å². The number of aromatic nitrogens is 3. The van der Waals surface area contributed by atoms with Gasteiger partial charge in [0.05, 0.1) is 43.3 Å². The first-order valence-corrected chi connectivity index (χ1v) is 10.9. The van der Waals surface area contributed by atoms with E-state index in [1.807, 2.05) is 41.6 Å². The Morgan fingerprint density at radius 3 is 3.09 bits per heavy atom. The molecule has 2 aliphatic heterocycles. The maximum atomic E-state index is 12.6. The summed E-state index contributed by atoms with van der Waals surface area (Å²) in [6, 6.07) is 8.20. The van der Waals surface area contributed by atoms with E-state index in [4.69, 9.17) is 9.72 Å². The number of amides is 1. The maximum absolute atomic E-state index is 12.6. The molecule has 5 rings (SSSR count). The Balaban J connectivity index is 1.48. The lowest BCUT2D eigenvalue weighted by Crippen LogP contribution is -2.57. The van der Waals surface area contributed by atoms with Crippen LogP contribution in [0, 0.1) is 0 Å². The molecule has 1 aromatic carbocycles. The largest absolute Gasteiger partial charge is 0.389 e. The lowest BCUT2D eigenvalue weighted by atomic mass is 10.1. The zero-order valence-corrected chi connectivity index (χ0v) is 18.3. The highest BCUT2D eigenvalue weighted by molar-refractivity contribution is 5.94. The van der Waals surface area contributed by atoms with E-state index in [1.54, 1.807) is 13.8 Å². The molecule has 9 nitrogen and oxygen atoms in total. The molecule has 0 radical (unpaired) electrons. The van der Waals surface area contributed by atoms with Crippen LogP contribution in [0.5, 0.6) is 0 Å². The Hall–Kier alpha value is -3.17. The SMILES string of the molecule is CC(C)(O)CNC(=O)CN1C[C@@H]2COCCN2c2nc(-c3cccc4[nH]ccc34)ncc21. The van der Waals surface area contributed by atoms with E-state index < -0.39 is 5.60 Å². The number of aliphatic hydroxyl groups is 1. The van der Waals surface area contributed by atoms with Gasteiger partial charge < -0.3 is 29.9 Å². The monoisotopic (exact) mass is 436 g/mol. The average molecular weight is 437 g/mol. The fourth-order valence-corrected chi connectivity index (χ4v) is 4.34. The number of hydrogen-bond acceptors (Lipinski definition) is 7. The molecule has 0 saturated carbocycles. The topological polar surface area (TPSA) is 107 Å². The highest BCUT2D eigenvalue weighted by atomic mass is 16.5. The number of fused-ring (bicyclic) bond motifs is 4. The van der Waals surface area contributed by atoms with E-state index in [2.05, 4.69) is 20.2 Å². The molecular formula is C23H28N6O3. The summed E-state index contributed by atoms with van der Waals surface area (Å²) in [5.41, 5.74) is 1.89. The van der Waals surface area contributed by atoms with Gasteiger partial charge in [-0.25, -0.2) is 9.97 Å². The predicted molar refractivity (Wildman–Crippen MR) is 123 cm³/mol. The number of H-pyrrole nitrogens is 1. The molecule has 2 aliphatic rings. The van der Waals surface area contributed by atoms with Crippen molar-refractivity contribution in [2.75, 3.05) is 49.2 Å². The smallest absolute Gasteiger partial charge is 0.239 e. The number of carbonyl (C=O) groups is 1. The summed E-state index contributed by atoms with van der Waals surface area (Å²) in [7, 11) is 0. The minimum absolute atomic E-state index is 0.115. The van der Waals surface area contributed by atoms with Crippen molar-refractivity contribution in [3.63, 3.8) is 0 Å². The van der Waals surface area contributed by atoms with E-state index in [1.165, 1.54) is 0 Å². The van der Waals surface area contributed by atoms with Gasteiger partial charge in [0.25, 0.3) is 0 Å². The van der Waals surface area contributed by atoms with Crippen LogP contribution in [-0.2, 0) is 9.53 Å². The molecule has 1 saturated heterocycles. The molecule has 1 fully saturated rings. The van der Waals surface area contributed by atoms with Gasteiger partial charge in [-0.15, -0.1) is 0 Å². The van der Waals surface area contributed by atoms with Crippen LogP contribution < -0.4 is 15.1 Å². The van der Waals surface area contributed by atoms with Crippen LogP contribution >= 0.6 is 0 Å². The van der Waals surface area contributed by atoms with Crippen LogP contribution in [0.1, 0.15) is 13.8 Å². The Labute approximate surface area is 186 Å². The van der Waals surface area contributed by atoms with E-state index in [0.717, 1.165) is 34.5 Å².